The summed E-state index contributed by atoms with van der Waals surface area (Å²) >= 11 is 0. The monoisotopic (exact) mass is 331 g/mol. The molecule has 2 aromatic rings. The number of esters is 1. The Kier molecular flexibility index (Phi) is 5.00. The van der Waals surface area contributed by atoms with Crippen molar-refractivity contribution in [2.75, 3.05) is 0 Å². The molecule has 0 fully saturated rings. The van der Waals surface area contributed by atoms with Gasteiger partial charge < -0.3 is 14.9 Å². The van der Waals surface area contributed by atoms with Crippen LogP contribution in [0.4, 0.5) is 0 Å². The fourth-order valence-electron chi connectivity index (χ4n) is 1.83. The second-order valence-electron chi connectivity index (χ2n) is 4.74. The summed E-state index contributed by atoms with van der Waals surface area (Å²) in [6.45, 7) is 1.61. The second kappa shape index (κ2) is 7.14. The van der Waals surface area contributed by atoms with Gasteiger partial charge in [-0.3, -0.25) is 4.84 Å². The van der Waals surface area contributed by atoms with E-state index in [1.54, 1.807) is 6.92 Å². The number of phenolic OH excluding ortho intramolecular Hbond substituents is 2. The van der Waals surface area contributed by atoms with Crippen LogP contribution >= 0.6 is 0 Å². The Morgan fingerprint density at radius 1 is 1.17 bits per heavy atom. The van der Waals surface area contributed by atoms with Crippen LogP contribution in [0.25, 0.3) is 6.08 Å². The molecule has 24 heavy (non-hydrogen) atoms. The smallest absolute Gasteiger partial charge is 0.336 e. The number of phenols is 2. The second-order valence-corrected chi connectivity index (χ2v) is 4.74. The number of hydrogen-bond donors (Lipinski definition) is 2. The molecule has 0 amide bonds. The normalized spacial score (nSPS) is 10.5. The molecule has 0 bridgehead atoms. The number of aromatic hydroxyl groups is 2. The third kappa shape index (κ3) is 4.47. The molecule has 0 saturated carbocycles. The van der Waals surface area contributed by atoms with Gasteiger partial charge in [-0.1, -0.05) is 6.07 Å². The molecule has 0 aliphatic heterocycles. The predicted octanol–water partition coefficient (Wildman–Crippen LogP) is 2.60. The molecule has 2 rings (SSSR count). The van der Waals surface area contributed by atoms with Gasteiger partial charge in [-0.15, -0.1) is 10.1 Å². The topological polar surface area (TPSA) is 119 Å². The number of ether oxygens (including phenoxy) is 1. The maximum Gasteiger partial charge on any atom is 0.336 e. The Bertz CT molecular complexity index is 814. The molecular formula is C16H13NO7. The minimum absolute atomic E-state index is 0.0207. The van der Waals surface area contributed by atoms with Crippen molar-refractivity contribution in [3.05, 3.63) is 63.7 Å². The summed E-state index contributed by atoms with van der Waals surface area (Å²) in [5, 5.41) is 27.9. The summed E-state index contributed by atoms with van der Waals surface area (Å²) in [6, 6.07) is 8.14. The van der Waals surface area contributed by atoms with Crippen LogP contribution < -0.4 is 9.57 Å². The summed E-state index contributed by atoms with van der Waals surface area (Å²) < 4.78 is 5.12. The number of carbonyl (C=O) groups is 1. The van der Waals surface area contributed by atoms with Crippen LogP contribution in [-0.4, -0.2) is 21.3 Å². The average molecular weight is 331 g/mol. The van der Waals surface area contributed by atoms with Gasteiger partial charge in [0.05, 0.1) is 0 Å². The van der Waals surface area contributed by atoms with Crippen LogP contribution in [0.15, 0.2) is 42.5 Å². The van der Waals surface area contributed by atoms with Gasteiger partial charge in [-0.25, -0.2) is 4.79 Å². The third-order valence-corrected chi connectivity index (χ3v) is 2.95. The molecule has 2 aromatic carbocycles. The number of nitrogens with zero attached hydrogens (tertiary/aromatic N) is 1. The molecule has 0 unspecified atom stereocenters. The first-order valence-electron chi connectivity index (χ1n) is 6.70. The quantitative estimate of drug-likeness (QED) is 0.216. The van der Waals surface area contributed by atoms with Crippen molar-refractivity contribution in [3.8, 4) is 23.0 Å². The van der Waals surface area contributed by atoms with Crippen molar-refractivity contribution in [3.63, 3.8) is 0 Å². The number of carbonyl (C=O) groups excluding carboxylic acids is 1. The number of rotatable bonds is 5. The van der Waals surface area contributed by atoms with E-state index in [1.807, 2.05) is 0 Å². The molecule has 0 saturated heterocycles. The van der Waals surface area contributed by atoms with Crippen molar-refractivity contribution in [2.45, 2.75) is 6.92 Å². The van der Waals surface area contributed by atoms with Crippen molar-refractivity contribution < 1.29 is 29.7 Å². The molecule has 0 spiro atoms. The van der Waals surface area contributed by atoms with E-state index in [0.29, 0.717) is 11.1 Å². The molecule has 2 N–H and O–H groups in total. The Labute approximate surface area is 136 Å². The first-order valence-corrected chi connectivity index (χ1v) is 6.70. The van der Waals surface area contributed by atoms with Crippen molar-refractivity contribution >= 4 is 12.0 Å². The first kappa shape index (κ1) is 16.8. The fraction of sp³-hybridized carbons (Fsp3) is 0.0625. The van der Waals surface area contributed by atoms with E-state index in [2.05, 4.69) is 4.84 Å². The van der Waals surface area contributed by atoms with E-state index < -0.39 is 11.1 Å². The van der Waals surface area contributed by atoms with Gasteiger partial charge >= 0.3 is 5.97 Å². The highest BCUT2D eigenvalue weighted by atomic mass is 17.0. The van der Waals surface area contributed by atoms with Gasteiger partial charge in [-0.05, 0) is 54.5 Å². The van der Waals surface area contributed by atoms with E-state index in [4.69, 9.17) is 4.74 Å². The SMILES string of the molecule is Cc1cc(O[N+](=O)[O-])ccc1OC(=O)C=Cc1ccc(O)c(O)c1. The predicted molar refractivity (Wildman–Crippen MR) is 83.2 cm³/mol. The van der Waals surface area contributed by atoms with Crippen LogP contribution in [0.3, 0.4) is 0 Å². The summed E-state index contributed by atoms with van der Waals surface area (Å²) in [5.74, 6) is -0.986. The van der Waals surface area contributed by atoms with Gasteiger partial charge in [0.25, 0.3) is 5.09 Å². The lowest BCUT2D eigenvalue weighted by molar-refractivity contribution is -0.711. The minimum atomic E-state index is -0.934. The van der Waals surface area contributed by atoms with Crippen LogP contribution in [0.5, 0.6) is 23.0 Å². The molecule has 0 heterocycles. The molecule has 0 aromatic heterocycles. The maximum atomic E-state index is 11.8. The average Bonchev–Trinajstić information content (AvgIpc) is 2.50. The molecule has 0 aliphatic carbocycles. The Hall–Kier alpha value is -3.55. The zero-order valence-electron chi connectivity index (χ0n) is 12.5. The molecule has 0 aliphatic rings. The highest BCUT2D eigenvalue weighted by Crippen LogP contribution is 2.26. The molecular weight excluding hydrogens is 318 g/mol. The molecule has 0 atom stereocenters. The minimum Gasteiger partial charge on any atom is -0.504 e. The molecule has 8 heteroatoms. The molecule has 8 nitrogen and oxygen atoms in total. The lowest BCUT2D eigenvalue weighted by Gasteiger charge is -2.07. The van der Waals surface area contributed by atoms with Crippen LogP contribution in [-0.2, 0) is 4.79 Å². The Morgan fingerprint density at radius 3 is 2.54 bits per heavy atom. The maximum absolute atomic E-state index is 11.8. The zero-order chi connectivity index (χ0) is 17.7. The number of aryl methyl sites for hydroxylation is 1. The fourth-order valence-corrected chi connectivity index (χ4v) is 1.83. The molecule has 124 valence electrons. The van der Waals surface area contributed by atoms with E-state index in [9.17, 15) is 25.1 Å². The summed E-state index contributed by atoms with van der Waals surface area (Å²) in [4.78, 5) is 26.4. The van der Waals surface area contributed by atoms with Crippen LogP contribution in [0.1, 0.15) is 11.1 Å². The van der Waals surface area contributed by atoms with Gasteiger partial charge in [-0.2, -0.15) is 0 Å². The van der Waals surface area contributed by atoms with E-state index in [-0.39, 0.29) is 23.0 Å². The van der Waals surface area contributed by atoms with Crippen LogP contribution in [0, 0.1) is 17.0 Å². The van der Waals surface area contributed by atoms with Gasteiger partial charge in [0.2, 0.25) is 0 Å². The third-order valence-electron chi connectivity index (χ3n) is 2.95. The van der Waals surface area contributed by atoms with Gasteiger partial charge in [0, 0.05) is 6.08 Å². The van der Waals surface area contributed by atoms with E-state index in [0.717, 1.165) is 6.08 Å². The summed E-state index contributed by atoms with van der Waals surface area (Å²) in [6.07, 6.45) is 2.55. The summed E-state index contributed by atoms with van der Waals surface area (Å²) in [5.41, 5.74) is 0.979. The molecule has 0 radical (unpaired) electrons. The number of hydrogen-bond acceptors (Lipinski definition) is 7. The summed E-state index contributed by atoms with van der Waals surface area (Å²) in [7, 11) is 0. The standard InChI is InChI=1S/C16H13NO7/c1-10-8-12(24-17(21)22)4-6-15(10)23-16(20)7-3-11-2-5-13(18)14(19)9-11/h2-9,18-19H,1H3. The Morgan fingerprint density at radius 2 is 1.92 bits per heavy atom. The van der Waals surface area contributed by atoms with Crippen LogP contribution in [0.2, 0.25) is 0 Å². The van der Waals surface area contributed by atoms with E-state index >= 15 is 0 Å². The Balaban J connectivity index is 2.05. The van der Waals surface area contributed by atoms with Crippen molar-refractivity contribution in [1.29, 1.82) is 0 Å². The van der Waals surface area contributed by atoms with Crippen molar-refractivity contribution in [1.82, 2.24) is 0 Å². The van der Waals surface area contributed by atoms with Gasteiger partial charge in [0.15, 0.2) is 11.5 Å². The highest BCUT2D eigenvalue weighted by Gasteiger charge is 2.07. The lowest BCUT2D eigenvalue weighted by Crippen LogP contribution is -2.06. The van der Waals surface area contributed by atoms with E-state index in [1.165, 1.54) is 42.5 Å². The van der Waals surface area contributed by atoms with Crippen molar-refractivity contribution in [2.24, 2.45) is 0 Å². The highest BCUT2D eigenvalue weighted by molar-refractivity contribution is 5.89. The van der Waals surface area contributed by atoms with Gasteiger partial charge in [0.1, 0.15) is 11.5 Å². The lowest BCUT2D eigenvalue weighted by atomic mass is 10.2. The largest absolute Gasteiger partial charge is 0.504 e. The number of benzene rings is 2. The first-order chi connectivity index (χ1) is 11.3. The zero-order valence-corrected chi connectivity index (χ0v) is 12.5.